The van der Waals surface area contributed by atoms with Gasteiger partial charge in [-0.25, -0.2) is 4.79 Å². The number of hydrogen-bond donors (Lipinski definition) is 1. The summed E-state index contributed by atoms with van der Waals surface area (Å²) < 4.78 is 0. The van der Waals surface area contributed by atoms with E-state index >= 15 is 0 Å². The first-order valence-corrected chi connectivity index (χ1v) is 5.26. The molecule has 0 radical (unpaired) electrons. The molecule has 0 unspecified atom stereocenters. The van der Waals surface area contributed by atoms with Crippen LogP contribution in [0.5, 0.6) is 0 Å². The van der Waals surface area contributed by atoms with E-state index in [0.29, 0.717) is 5.56 Å². The molecule has 2 aromatic rings. The third-order valence-electron chi connectivity index (χ3n) is 2.00. The molecule has 2 heterocycles. The Kier molecular flexibility index (Phi) is 2.66. The molecule has 4 nitrogen and oxygen atoms in total. The Morgan fingerprint density at radius 1 is 1.44 bits per heavy atom. The second-order valence-corrected chi connectivity index (χ2v) is 3.99. The first kappa shape index (κ1) is 10.3. The highest BCUT2D eigenvalue weighted by Gasteiger charge is 2.08. The predicted octanol–water partition coefficient (Wildman–Crippen LogP) is 2.38. The molecule has 2 aromatic heterocycles. The highest BCUT2D eigenvalue weighted by atomic mass is 32.1. The molecule has 0 spiro atoms. The molecule has 0 fully saturated rings. The van der Waals surface area contributed by atoms with Gasteiger partial charge in [0.1, 0.15) is 6.07 Å². The molecular formula is C11H6N2O2S. The minimum atomic E-state index is -0.952. The van der Waals surface area contributed by atoms with E-state index in [1.807, 2.05) is 6.07 Å². The van der Waals surface area contributed by atoms with Gasteiger partial charge in [0.05, 0.1) is 11.1 Å². The second-order valence-electron chi connectivity index (χ2n) is 3.08. The third kappa shape index (κ3) is 1.92. The summed E-state index contributed by atoms with van der Waals surface area (Å²) in [6.45, 7) is 0. The van der Waals surface area contributed by atoms with E-state index in [0.717, 1.165) is 10.4 Å². The van der Waals surface area contributed by atoms with Crippen LogP contribution < -0.4 is 0 Å². The SMILES string of the molecule is N#Cc1cncc(-c2cc(C(=O)O)cs2)c1. The number of aromatic nitrogens is 1. The average molecular weight is 230 g/mol. The Morgan fingerprint density at radius 3 is 2.88 bits per heavy atom. The monoisotopic (exact) mass is 230 g/mol. The van der Waals surface area contributed by atoms with Crippen molar-refractivity contribution < 1.29 is 9.90 Å². The summed E-state index contributed by atoms with van der Waals surface area (Å²) in [6, 6.07) is 5.25. The maximum atomic E-state index is 10.7. The highest BCUT2D eigenvalue weighted by molar-refractivity contribution is 7.13. The van der Waals surface area contributed by atoms with Crippen LogP contribution in [0.4, 0.5) is 0 Å². The number of aromatic carboxylic acids is 1. The molecule has 0 bridgehead atoms. The summed E-state index contributed by atoms with van der Waals surface area (Å²) in [5.41, 5.74) is 1.47. The lowest BCUT2D eigenvalue weighted by Crippen LogP contribution is -1.91. The standard InChI is InChI=1S/C11H6N2O2S/c12-3-7-1-8(5-13-4-7)10-2-9(6-16-10)11(14)15/h1-2,4-6H,(H,14,15). The van der Waals surface area contributed by atoms with Crippen LogP contribution in [-0.4, -0.2) is 16.1 Å². The zero-order valence-electron chi connectivity index (χ0n) is 8.04. The van der Waals surface area contributed by atoms with Crippen LogP contribution in [0, 0.1) is 11.3 Å². The van der Waals surface area contributed by atoms with Gasteiger partial charge in [0, 0.05) is 28.2 Å². The Hall–Kier alpha value is -2.19. The van der Waals surface area contributed by atoms with Crippen molar-refractivity contribution in [3.8, 4) is 16.5 Å². The van der Waals surface area contributed by atoms with Gasteiger partial charge in [-0.05, 0) is 12.1 Å². The van der Waals surface area contributed by atoms with Crippen LogP contribution >= 0.6 is 11.3 Å². The van der Waals surface area contributed by atoms with E-state index < -0.39 is 5.97 Å². The van der Waals surface area contributed by atoms with Crippen LogP contribution in [0.25, 0.3) is 10.4 Å². The van der Waals surface area contributed by atoms with E-state index in [4.69, 9.17) is 10.4 Å². The van der Waals surface area contributed by atoms with Crippen molar-refractivity contribution in [3.63, 3.8) is 0 Å². The average Bonchev–Trinajstić information content (AvgIpc) is 2.78. The Labute approximate surface area is 95.4 Å². The Balaban J connectivity index is 2.43. The van der Waals surface area contributed by atoms with E-state index in [1.165, 1.54) is 17.5 Å². The van der Waals surface area contributed by atoms with Crippen molar-refractivity contribution in [1.29, 1.82) is 5.26 Å². The summed E-state index contributed by atoms with van der Waals surface area (Å²) in [6.07, 6.45) is 3.08. The highest BCUT2D eigenvalue weighted by Crippen LogP contribution is 2.27. The fraction of sp³-hybridized carbons (Fsp3) is 0. The summed E-state index contributed by atoms with van der Waals surface area (Å²) in [5, 5.41) is 19.1. The smallest absolute Gasteiger partial charge is 0.336 e. The van der Waals surface area contributed by atoms with E-state index in [2.05, 4.69) is 4.98 Å². The third-order valence-corrected chi connectivity index (χ3v) is 2.98. The van der Waals surface area contributed by atoms with Crippen molar-refractivity contribution >= 4 is 17.3 Å². The number of nitrogens with zero attached hydrogens (tertiary/aromatic N) is 2. The predicted molar refractivity (Wildman–Crippen MR) is 59.2 cm³/mol. The van der Waals surface area contributed by atoms with Gasteiger partial charge >= 0.3 is 5.97 Å². The van der Waals surface area contributed by atoms with E-state index in [1.54, 1.807) is 23.7 Å². The molecule has 0 amide bonds. The minimum absolute atomic E-state index is 0.252. The zero-order chi connectivity index (χ0) is 11.5. The van der Waals surface area contributed by atoms with Gasteiger partial charge in [-0.2, -0.15) is 5.26 Å². The molecule has 1 N–H and O–H groups in total. The normalized spacial score (nSPS) is 9.69. The largest absolute Gasteiger partial charge is 0.478 e. The van der Waals surface area contributed by atoms with E-state index in [-0.39, 0.29) is 5.56 Å². The fourth-order valence-corrected chi connectivity index (χ4v) is 2.10. The van der Waals surface area contributed by atoms with Gasteiger partial charge in [0.15, 0.2) is 0 Å². The molecule has 2 rings (SSSR count). The molecule has 0 aliphatic heterocycles. The lowest BCUT2D eigenvalue weighted by Gasteiger charge is -1.95. The first-order valence-electron chi connectivity index (χ1n) is 4.38. The van der Waals surface area contributed by atoms with Gasteiger partial charge in [-0.15, -0.1) is 11.3 Å². The molecule has 78 valence electrons. The van der Waals surface area contributed by atoms with Crippen LogP contribution in [-0.2, 0) is 0 Å². The number of carboxylic acid groups (broad SMARTS) is 1. The number of nitriles is 1. The number of hydrogen-bond acceptors (Lipinski definition) is 4. The first-order chi connectivity index (χ1) is 7.70. The fourth-order valence-electron chi connectivity index (χ4n) is 1.24. The molecule has 0 aromatic carbocycles. The second kappa shape index (κ2) is 4.13. The maximum Gasteiger partial charge on any atom is 0.336 e. The molecule has 0 saturated carbocycles. The molecular weight excluding hydrogens is 224 g/mol. The molecule has 5 heteroatoms. The lowest BCUT2D eigenvalue weighted by atomic mass is 10.2. The Bertz CT molecular complexity index is 584. The Morgan fingerprint density at radius 2 is 2.25 bits per heavy atom. The number of carbonyl (C=O) groups is 1. The van der Waals surface area contributed by atoms with Gasteiger partial charge < -0.3 is 5.11 Å². The number of thiophene rings is 1. The maximum absolute atomic E-state index is 10.7. The molecule has 0 atom stereocenters. The number of pyridine rings is 1. The number of carboxylic acids is 1. The molecule has 0 saturated heterocycles. The van der Waals surface area contributed by atoms with Crippen LogP contribution in [0.3, 0.4) is 0 Å². The summed E-state index contributed by atoms with van der Waals surface area (Å²) in [4.78, 5) is 15.4. The number of rotatable bonds is 2. The van der Waals surface area contributed by atoms with Crippen LogP contribution in [0.2, 0.25) is 0 Å². The van der Waals surface area contributed by atoms with Crippen molar-refractivity contribution in [3.05, 3.63) is 41.0 Å². The summed E-state index contributed by atoms with van der Waals surface area (Å²) >= 11 is 1.32. The topological polar surface area (TPSA) is 74.0 Å². The van der Waals surface area contributed by atoms with E-state index in [9.17, 15) is 4.79 Å². The van der Waals surface area contributed by atoms with Gasteiger partial charge in [-0.3, -0.25) is 4.98 Å². The lowest BCUT2D eigenvalue weighted by molar-refractivity contribution is 0.0697. The van der Waals surface area contributed by atoms with Crippen LogP contribution in [0.1, 0.15) is 15.9 Å². The summed E-state index contributed by atoms with van der Waals surface area (Å²) in [7, 11) is 0. The quantitative estimate of drug-likeness (QED) is 0.859. The van der Waals surface area contributed by atoms with Crippen LogP contribution in [0.15, 0.2) is 29.9 Å². The zero-order valence-corrected chi connectivity index (χ0v) is 8.86. The van der Waals surface area contributed by atoms with Crippen molar-refractivity contribution in [2.24, 2.45) is 0 Å². The summed E-state index contributed by atoms with van der Waals surface area (Å²) in [5.74, 6) is -0.952. The minimum Gasteiger partial charge on any atom is -0.478 e. The van der Waals surface area contributed by atoms with Crippen molar-refractivity contribution in [2.75, 3.05) is 0 Å². The van der Waals surface area contributed by atoms with Gasteiger partial charge in [-0.1, -0.05) is 0 Å². The van der Waals surface area contributed by atoms with Gasteiger partial charge in [0.25, 0.3) is 0 Å². The molecule has 0 aliphatic rings. The van der Waals surface area contributed by atoms with Crippen molar-refractivity contribution in [2.45, 2.75) is 0 Å². The van der Waals surface area contributed by atoms with Crippen molar-refractivity contribution in [1.82, 2.24) is 4.98 Å². The molecule has 0 aliphatic carbocycles. The van der Waals surface area contributed by atoms with Gasteiger partial charge in [0.2, 0.25) is 0 Å². The molecule has 16 heavy (non-hydrogen) atoms.